The highest BCUT2D eigenvalue weighted by Gasteiger charge is 2.14. The number of halogens is 1. The number of hydrogen-bond donors (Lipinski definition) is 3. The lowest BCUT2D eigenvalue weighted by Gasteiger charge is -2.21. The number of rotatable bonds is 4. The highest BCUT2D eigenvalue weighted by Crippen LogP contribution is 2.30. The minimum Gasteiger partial charge on any atom is -0.506 e. The topological polar surface area (TPSA) is 83.0 Å². The molecule has 0 amide bonds. The van der Waals surface area contributed by atoms with Gasteiger partial charge in [-0.3, -0.25) is 4.98 Å². The minimum atomic E-state index is -0.202. The van der Waals surface area contributed by atoms with Crippen molar-refractivity contribution in [2.24, 2.45) is 0 Å². The summed E-state index contributed by atoms with van der Waals surface area (Å²) in [6.07, 6.45) is 3.43. The van der Waals surface area contributed by atoms with E-state index >= 15 is 0 Å². The number of benzene rings is 1. The van der Waals surface area contributed by atoms with Crippen molar-refractivity contribution in [3.63, 3.8) is 0 Å². The van der Waals surface area contributed by atoms with Crippen LogP contribution in [0.25, 0.3) is 11.3 Å². The van der Waals surface area contributed by atoms with E-state index in [4.69, 9.17) is 11.6 Å². The molecule has 7 heteroatoms. The largest absolute Gasteiger partial charge is 0.506 e. The molecule has 0 saturated heterocycles. The van der Waals surface area contributed by atoms with Gasteiger partial charge in [0.2, 0.25) is 5.95 Å². The highest BCUT2D eigenvalue weighted by molar-refractivity contribution is 6.31. The fourth-order valence-electron chi connectivity index (χ4n) is 2.32. The van der Waals surface area contributed by atoms with Gasteiger partial charge in [0.25, 0.3) is 0 Å². The number of pyridine rings is 1. The third kappa shape index (κ3) is 4.61. The van der Waals surface area contributed by atoms with Gasteiger partial charge in [-0.1, -0.05) is 11.6 Å². The van der Waals surface area contributed by atoms with Gasteiger partial charge < -0.3 is 15.7 Å². The molecule has 0 radical (unpaired) electrons. The number of aromatic hydroxyl groups is 1. The SMILES string of the molecule is CC(C)(C)Nc1nc(Nc2cc(Cl)ccc2O)cc(-c2ccncc2)n1. The maximum Gasteiger partial charge on any atom is 0.225 e. The Balaban J connectivity index is 2.03. The molecule has 0 bridgehead atoms. The monoisotopic (exact) mass is 369 g/mol. The van der Waals surface area contributed by atoms with Crippen molar-refractivity contribution >= 4 is 29.1 Å². The van der Waals surface area contributed by atoms with Crippen molar-refractivity contribution in [2.45, 2.75) is 26.3 Å². The highest BCUT2D eigenvalue weighted by atomic mass is 35.5. The lowest BCUT2D eigenvalue weighted by atomic mass is 10.1. The molecule has 0 aliphatic rings. The van der Waals surface area contributed by atoms with E-state index in [-0.39, 0.29) is 11.3 Å². The van der Waals surface area contributed by atoms with Gasteiger partial charge in [0.05, 0.1) is 11.4 Å². The summed E-state index contributed by atoms with van der Waals surface area (Å²) < 4.78 is 0. The van der Waals surface area contributed by atoms with E-state index in [0.29, 0.717) is 22.5 Å². The first kappa shape index (κ1) is 17.9. The van der Waals surface area contributed by atoms with Crippen molar-refractivity contribution in [1.82, 2.24) is 15.0 Å². The molecule has 26 heavy (non-hydrogen) atoms. The van der Waals surface area contributed by atoms with Gasteiger partial charge in [0.1, 0.15) is 11.6 Å². The summed E-state index contributed by atoms with van der Waals surface area (Å²) in [7, 11) is 0. The third-order valence-electron chi connectivity index (χ3n) is 3.41. The number of phenols is 1. The molecule has 2 aromatic heterocycles. The second-order valence-electron chi connectivity index (χ2n) is 6.86. The Morgan fingerprint density at radius 3 is 2.42 bits per heavy atom. The smallest absolute Gasteiger partial charge is 0.225 e. The Morgan fingerprint density at radius 1 is 1.00 bits per heavy atom. The Labute approximate surface area is 157 Å². The van der Waals surface area contributed by atoms with Crippen molar-refractivity contribution < 1.29 is 5.11 Å². The summed E-state index contributed by atoms with van der Waals surface area (Å²) in [6.45, 7) is 6.10. The first-order valence-corrected chi connectivity index (χ1v) is 8.51. The zero-order valence-corrected chi connectivity index (χ0v) is 15.5. The van der Waals surface area contributed by atoms with Crippen LogP contribution in [0.4, 0.5) is 17.5 Å². The van der Waals surface area contributed by atoms with Gasteiger partial charge in [-0.15, -0.1) is 0 Å². The van der Waals surface area contributed by atoms with Gasteiger partial charge in [0, 0.05) is 34.6 Å². The standard InChI is InChI=1S/C19H20ClN5O/c1-19(2,3)25-18-23-14(12-6-8-21-9-7-12)11-17(24-18)22-15-10-13(20)4-5-16(15)26/h4-11,26H,1-3H3,(H2,22,23,24,25). The molecule has 0 saturated carbocycles. The van der Waals surface area contributed by atoms with Gasteiger partial charge in [-0.2, -0.15) is 4.98 Å². The van der Waals surface area contributed by atoms with E-state index in [2.05, 4.69) is 25.6 Å². The van der Waals surface area contributed by atoms with Gasteiger partial charge in [-0.05, 0) is 51.1 Å². The summed E-state index contributed by atoms with van der Waals surface area (Å²) in [4.78, 5) is 13.1. The van der Waals surface area contributed by atoms with Crippen LogP contribution in [0.1, 0.15) is 20.8 Å². The van der Waals surface area contributed by atoms with Crippen LogP contribution in [-0.2, 0) is 0 Å². The average molecular weight is 370 g/mol. The normalized spacial score (nSPS) is 11.2. The van der Waals surface area contributed by atoms with E-state index in [9.17, 15) is 5.11 Å². The predicted molar refractivity (Wildman–Crippen MR) is 105 cm³/mol. The lowest BCUT2D eigenvalue weighted by Crippen LogP contribution is -2.27. The molecule has 3 N–H and O–H groups in total. The Morgan fingerprint density at radius 2 is 1.73 bits per heavy atom. The van der Waals surface area contributed by atoms with Crippen LogP contribution in [0.2, 0.25) is 5.02 Å². The average Bonchev–Trinajstić information content (AvgIpc) is 2.57. The molecule has 3 aromatic rings. The fourth-order valence-corrected chi connectivity index (χ4v) is 2.49. The van der Waals surface area contributed by atoms with Crippen LogP contribution in [0.15, 0.2) is 48.8 Å². The number of hydrogen-bond acceptors (Lipinski definition) is 6. The zero-order valence-electron chi connectivity index (χ0n) is 14.8. The van der Waals surface area contributed by atoms with Crippen LogP contribution >= 0.6 is 11.6 Å². The summed E-state index contributed by atoms with van der Waals surface area (Å²) in [5.74, 6) is 1.11. The maximum absolute atomic E-state index is 10.0. The molecule has 6 nitrogen and oxygen atoms in total. The summed E-state index contributed by atoms with van der Waals surface area (Å²) in [5, 5.41) is 17.0. The molecule has 134 valence electrons. The van der Waals surface area contributed by atoms with E-state index in [0.717, 1.165) is 11.3 Å². The molecule has 3 rings (SSSR count). The summed E-state index contributed by atoms with van der Waals surface area (Å²) in [5.41, 5.74) is 1.92. The Hall–Kier alpha value is -2.86. The first-order valence-electron chi connectivity index (χ1n) is 8.13. The number of aromatic nitrogens is 3. The van der Waals surface area contributed by atoms with Crippen molar-refractivity contribution in [2.75, 3.05) is 10.6 Å². The van der Waals surface area contributed by atoms with Crippen LogP contribution in [0, 0.1) is 0 Å². The van der Waals surface area contributed by atoms with Gasteiger partial charge in [-0.25, -0.2) is 4.98 Å². The minimum absolute atomic E-state index is 0.0869. The molecule has 0 unspecified atom stereocenters. The molecule has 0 aliphatic carbocycles. The summed E-state index contributed by atoms with van der Waals surface area (Å²) >= 11 is 6.03. The fraction of sp³-hybridized carbons (Fsp3) is 0.211. The number of nitrogens with one attached hydrogen (secondary N) is 2. The Bertz CT molecular complexity index is 910. The Kier molecular flexibility index (Phi) is 4.95. The second kappa shape index (κ2) is 7.17. The molecule has 0 spiro atoms. The molecular weight excluding hydrogens is 350 g/mol. The first-order chi connectivity index (χ1) is 12.3. The zero-order chi connectivity index (χ0) is 18.7. The molecule has 0 atom stereocenters. The quantitative estimate of drug-likeness (QED) is 0.570. The molecule has 1 aromatic carbocycles. The van der Waals surface area contributed by atoms with Gasteiger partial charge >= 0.3 is 0 Å². The predicted octanol–water partition coefficient (Wildman–Crippen LogP) is 4.85. The maximum atomic E-state index is 10.0. The second-order valence-corrected chi connectivity index (χ2v) is 7.30. The van der Waals surface area contributed by atoms with Crippen molar-refractivity contribution in [3.8, 4) is 17.0 Å². The van der Waals surface area contributed by atoms with E-state index in [1.54, 1.807) is 24.5 Å². The number of phenolic OH excluding ortho intramolecular Hbond substituents is 1. The number of nitrogens with zero attached hydrogens (tertiary/aromatic N) is 3. The van der Waals surface area contributed by atoms with E-state index in [1.165, 1.54) is 6.07 Å². The molecule has 2 heterocycles. The molecule has 0 fully saturated rings. The van der Waals surface area contributed by atoms with Crippen LogP contribution < -0.4 is 10.6 Å². The van der Waals surface area contributed by atoms with Crippen LogP contribution in [-0.4, -0.2) is 25.6 Å². The number of anilines is 3. The third-order valence-corrected chi connectivity index (χ3v) is 3.65. The van der Waals surface area contributed by atoms with E-state index < -0.39 is 0 Å². The van der Waals surface area contributed by atoms with E-state index in [1.807, 2.05) is 39.0 Å². The van der Waals surface area contributed by atoms with Gasteiger partial charge in [0.15, 0.2) is 0 Å². The molecular formula is C19H20ClN5O. The van der Waals surface area contributed by atoms with Crippen molar-refractivity contribution in [1.29, 1.82) is 0 Å². The summed E-state index contributed by atoms with van der Waals surface area (Å²) in [6, 6.07) is 10.4. The molecule has 0 aliphatic heterocycles. The lowest BCUT2D eigenvalue weighted by molar-refractivity contribution is 0.477. The van der Waals surface area contributed by atoms with Crippen molar-refractivity contribution in [3.05, 3.63) is 53.8 Å². The van der Waals surface area contributed by atoms with Crippen LogP contribution in [0.3, 0.4) is 0 Å². The van der Waals surface area contributed by atoms with Crippen LogP contribution in [0.5, 0.6) is 5.75 Å².